The summed E-state index contributed by atoms with van der Waals surface area (Å²) in [5, 5.41) is 11.5. The van der Waals surface area contributed by atoms with Crippen molar-refractivity contribution >= 4 is 5.84 Å². The van der Waals surface area contributed by atoms with Crippen LogP contribution in [0.5, 0.6) is 0 Å². The van der Waals surface area contributed by atoms with Crippen molar-refractivity contribution in [3.63, 3.8) is 0 Å². The van der Waals surface area contributed by atoms with Crippen molar-refractivity contribution in [3.8, 4) is 0 Å². The van der Waals surface area contributed by atoms with Crippen LogP contribution in [-0.2, 0) is 4.74 Å². The highest BCUT2D eigenvalue weighted by Crippen LogP contribution is 2.48. The lowest BCUT2D eigenvalue weighted by Crippen LogP contribution is -2.21. The smallest absolute Gasteiger partial charge is 0.139 e. The van der Waals surface area contributed by atoms with E-state index in [0.29, 0.717) is 12.3 Å². The third-order valence-electron chi connectivity index (χ3n) is 3.19. The average Bonchev–Trinajstić information content (AvgIpc) is 3.03. The molecule has 0 aromatic heterocycles. The second kappa shape index (κ2) is 6.74. The Morgan fingerprint density at radius 3 is 2.69 bits per heavy atom. The summed E-state index contributed by atoms with van der Waals surface area (Å²) in [4.78, 5) is 0. The van der Waals surface area contributed by atoms with Gasteiger partial charge in [-0.2, -0.15) is 0 Å². The number of unbranched alkanes of at least 4 members (excludes halogenated alkanes) is 3. The maximum atomic E-state index is 8.52. The van der Waals surface area contributed by atoms with Gasteiger partial charge >= 0.3 is 0 Å². The lowest BCUT2D eigenvalue weighted by molar-refractivity contribution is 0.0890. The number of amidine groups is 1. The minimum atomic E-state index is 0.182. The molecule has 0 radical (unpaired) electrons. The number of hydrogen-bond donors (Lipinski definition) is 2. The van der Waals surface area contributed by atoms with Crippen molar-refractivity contribution in [2.75, 3.05) is 13.2 Å². The molecule has 0 heterocycles. The molecule has 1 aliphatic carbocycles. The molecule has 3 N–H and O–H groups in total. The Balaban J connectivity index is 2.04. The molecule has 0 aliphatic heterocycles. The minimum absolute atomic E-state index is 0.182. The normalized spacial score (nSPS) is 18.7. The first kappa shape index (κ1) is 13.3. The fraction of sp³-hybridized carbons (Fsp3) is 0.917. The van der Waals surface area contributed by atoms with E-state index in [1.165, 1.54) is 19.3 Å². The van der Waals surface area contributed by atoms with Gasteiger partial charge < -0.3 is 15.7 Å². The predicted molar refractivity (Wildman–Crippen MR) is 64.7 cm³/mol. The minimum Gasteiger partial charge on any atom is -0.409 e. The first-order valence-electron chi connectivity index (χ1n) is 6.26. The van der Waals surface area contributed by atoms with Crippen LogP contribution in [0.2, 0.25) is 0 Å². The van der Waals surface area contributed by atoms with E-state index < -0.39 is 0 Å². The molecule has 1 saturated carbocycles. The largest absolute Gasteiger partial charge is 0.409 e. The average molecular weight is 228 g/mol. The molecule has 0 aromatic rings. The molecule has 1 rings (SSSR count). The van der Waals surface area contributed by atoms with E-state index in [-0.39, 0.29) is 5.41 Å². The highest BCUT2D eigenvalue weighted by molar-refractivity contribution is 5.80. The van der Waals surface area contributed by atoms with E-state index in [1.807, 2.05) is 0 Å². The second-order valence-corrected chi connectivity index (χ2v) is 4.88. The number of nitrogens with zero attached hydrogens (tertiary/aromatic N) is 1. The number of ether oxygens (including phenoxy) is 1. The van der Waals surface area contributed by atoms with Crippen molar-refractivity contribution in [3.05, 3.63) is 0 Å². The van der Waals surface area contributed by atoms with Crippen molar-refractivity contribution < 1.29 is 9.94 Å². The van der Waals surface area contributed by atoms with Gasteiger partial charge in [0, 0.05) is 18.4 Å². The van der Waals surface area contributed by atoms with Gasteiger partial charge in [-0.05, 0) is 19.3 Å². The van der Waals surface area contributed by atoms with Crippen molar-refractivity contribution in [2.24, 2.45) is 16.3 Å². The summed E-state index contributed by atoms with van der Waals surface area (Å²) in [6, 6.07) is 0. The predicted octanol–water partition coefficient (Wildman–Crippen LogP) is 2.50. The van der Waals surface area contributed by atoms with E-state index in [9.17, 15) is 0 Å². The fourth-order valence-electron chi connectivity index (χ4n) is 1.89. The summed E-state index contributed by atoms with van der Waals surface area (Å²) in [5.74, 6) is 0.326. The Morgan fingerprint density at radius 2 is 2.12 bits per heavy atom. The molecular weight excluding hydrogens is 204 g/mol. The van der Waals surface area contributed by atoms with Gasteiger partial charge in [0.15, 0.2) is 0 Å². The van der Waals surface area contributed by atoms with Crippen LogP contribution in [0, 0.1) is 5.41 Å². The zero-order valence-corrected chi connectivity index (χ0v) is 10.2. The zero-order chi connectivity index (χ0) is 11.9. The number of rotatable bonds is 9. The molecule has 0 bridgehead atoms. The van der Waals surface area contributed by atoms with Gasteiger partial charge in [0.25, 0.3) is 0 Å². The number of oxime groups is 1. The Labute approximate surface area is 97.8 Å². The van der Waals surface area contributed by atoms with Gasteiger partial charge in [0.05, 0.1) is 6.61 Å². The van der Waals surface area contributed by atoms with Gasteiger partial charge in [-0.25, -0.2) is 0 Å². The highest BCUT2D eigenvalue weighted by atomic mass is 16.5. The monoisotopic (exact) mass is 228 g/mol. The van der Waals surface area contributed by atoms with Crippen LogP contribution in [0.4, 0.5) is 0 Å². The van der Waals surface area contributed by atoms with E-state index in [0.717, 1.165) is 32.5 Å². The molecule has 4 nitrogen and oxygen atoms in total. The van der Waals surface area contributed by atoms with E-state index in [2.05, 4.69) is 12.1 Å². The summed E-state index contributed by atoms with van der Waals surface area (Å²) < 4.78 is 5.66. The quantitative estimate of drug-likeness (QED) is 0.209. The zero-order valence-electron chi connectivity index (χ0n) is 10.2. The third-order valence-corrected chi connectivity index (χ3v) is 3.19. The van der Waals surface area contributed by atoms with Crippen LogP contribution < -0.4 is 5.73 Å². The molecule has 0 atom stereocenters. The number of hydrogen-bond acceptors (Lipinski definition) is 3. The molecule has 94 valence electrons. The molecule has 4 heteroatoms. The SMILES string of the molecule is CCCCCCOCC1(CC(N)=NO)CC1. The highest BCUT2D eigenvalue weighted by Gasteiger charge is 2.43. The molecule has 0 spiro atoms. The lowest BCUT2D eigenvalue weighted by atomic mass is 10.0. The van der Waals surface area contributed by atoms with Crippen LogP contribution in [-0.4, -0.2) is 24.3 Å². The Kier molecular flexibility index (Phi) is 5.60. The van der Waals surface area contributed by atoms with Crippen LogP contribution in [0.1, 0.15) is 51.9 Å². The topological polar surface area (TPSA) is 67.8 Å². The Morgan fingerprint density at radius 1 is 1.38 bits per heavy atom. The molecule has 0 amide bonds. The molecule has 0 saturated heterocycles. The van der Waals surface area contributed by atoms with Crippen LogP contribution in [0.15, 0.2) is 5.16 Å². The van der Waals surface area contributed by atoms with Crippen LogP contribution in [0.3, 0.4) is 0 Å². The van der Waals surface area contributed by atoms with Crippen molar-refractivity contribution in [2.45, 2.75) is 51.9 Å². The van der Waals surface area contributed by atoms with Crippen LogP contribution >= 0.6 is 0 Å². The summed E-state index contributed by atoms with van der Waals surface area (Å²) >= 11 is 0. The van der Waals surface area contributed by atoms with Crippen LogP contribution in [0.25, 0.3) is 0 Å². The summed E-state index contributed by atoms with van der Waals surface area (Å²) in [6.07, 6.45) is 7.89. The van der Waals surface area contributed by atoms with E-state index in [4.69, 9.17) is 15.7 Å². The first-order valence-corrected chi connectivity index (χ1v) is 6.26. The number of nitrogens with two attached hydrogens (primary N) is 1. The fourth-order valence-corrected chi connectivity index (χ4v) is 1.89. The van der Waals surface area contributed by atoms with Gasteiger partial charge in [-0.1, -0.05) is 31.3 Å². The maximum absolute atomic E-state index is 8.52. The third kappa shape index (κ3) is 4.84. The Hall–Kier alpha value is -0.770. The maximum Gasteiger partial charge on any atom is 0.139 e. The first-order chi connectivity index (χ1) is 7.72. The molecule has 0 aromatic carbocycles. The van der Waals surface area contributed by atoms with Crippen molar-refractivity contribution in [1.82, 2.24) is 0 Å². The lowest BCUT2D eigenvalue weighted by Gasteiger charge is -2.14. The summed E-state index contributed by atoms with van der Waals surface area (Å²) in [5.41, 5.74) is 5.70. The molecule has 1 fully saturated rings. The van der Waals surface area contributed by atoms with Gasteiger partial charge in [-0.15, -0.1) is 0 Å². The van der Waals surface area contributed by atoms with Gasteiger partial charge in [-0.3, -0.25) is 0 Å². The molecular formula is C12H24N2O2. The van der Waals surface area contributed by atoms with E-state index in [1.54, 1.807) is 0 Å². The molecule has 0 unspecified atom stereocenters. The van der Waals surface area contributed by atoms with E-state index >= 15 is 0 Å². The molecule has 1 aliphatic rings. The van der Waals surface area contributed by atoms with Crippen molar-refractivity contribution in [1.29, 1.82) is 0 Å². The van der Waals surface area contributed by atoms with Gasteiger partial charge in [0.2, 0.25) is 0 Å². The molecule has 16 heavy (non-hydrogen) atoms. The second-order valence-electron chi connectivity index (χ2n) is 4.88. The Bertz CT molecular complexity index is 225. The summed E-state index contributed by atoms with van der Waals surface area (Å²) in [6.45, 7) is 3.81. The van der Waals surface area contributed by atoms with Gasteiger partial charge in [0.1, 0.15) is 5.84 Å². The summed E-state index contributed by atoms with van der Waals surface area (Å²) in [7, 11) is 0. The standard InChI is InChI=1S/C12H24N2O2/c1-2-3-4-5-8-16-10-12(6-7-12)9-11(13)14-15/h15H,2-10H2,1H3,(H2,13,14).